The molecule has 0 aliphatic carbocycles. The van der Waals surface area contributed by atoms with Crippen LogP contribution in [0.1, 0.15) is 6.92 Å². The normalized spacial score (nSPS) is 10.4. The molecule has 4 nitrogen and oxygen atoms in total. The fourth-order valence-corrected chi connectivity index (χ4v) is 1.34. The monoisotopic (exact) mass is 189 g/mol. The lowest BCUT2D eigenvalue weighted by molar-refractivity contribution is 0.640. The Hall–Kier alpha value is -1.84. The molecule has 0 saturated heterocycles. The molecule has 2 rings (SSSR count). The molecular formula is C10H11N3O. The van der Waals surface area contributed by atoms with E-state index in [0.29, 0.717) is 6.54 Å². The Labute approximate surface area is 81.2 Å². The molecular weight excluding hydrogens is 178 g/mol. The number of nitrogens with zero attached hydrogens (tertiary/aromatic N) is 2. The first kappa shape index (κ1) is 8.74. The number of hydrogen-bond donors (Lipinski definition) is 1. The Morgan fingerprint density at radius 3 is 3.00 bits per heavy atom. The van der Waals surface area contributed by atoms with Crippen molar-refractivity contribution in [3.05, 3.63) is 40.9 Å². The largest absolute Gasteiger partial charge is 0.295 e. The lowest BCUT2D eigenvalue weighted by Crippen LogP contribution is -2.13. The van der Waals surface area contributed by atoms with Crippen molar-refractivity contribution in [3.63, 3.8) is 0 Å². The topological polar surface area (TPSA) is 50.7 Å². The summed E-state index contributed by atoms with van der Waals surface area (Å²) in [6, 6.07) is 5.34. The van der Waals surface area contributed by atoms with Gasteiger partial charge in [0.15, 0.2) is 0 Å². The third-order valence-corrected chi connectivity index (χ3v) is 2.08. The van der Waals surface area contributed by atoms with Gasteiger partial charge in [-0.15, -0.1) is 0 Å². The quantitative estimate of drug-likeness (QED) is 0.773. The average molecular weight is 189 g/mol. The van der Waals surface area contributed by atoms with Crippen molar-refractivity contribution in [2.75, 3.05) is 0 Å². The minimum absolute atomic E-state index is 0.00801. The lowest BCUT2D eigenvalue weighted by atomic mass is 10.2. The van der Waals surface area contributed by atoms with Gasteiger partial charge < -0.3 is 0 Å². The van der Waals surface area contributed by atoms with E-state index in [4.69, 9.17) is 0 Å². The van der Waals surface area contributed by atoms with Gasteiger partial charge in [-0.25, -0.2) is 0 Å². The summed E-state index contributed by atoms with van der Waals surface area (Å²) < 4.78 is 1.56. The number of hydrogen-bond acceptors (Lipinski definition) is 2. The van der Waals surface area contributed by atoms with Crippen molar-refractivity contribution in [3.8, 4) is 11.3 Å². The van der Waals surface area contributed by atoms with Crippen LogP contribution >= 0.6 is 0 Å². The second kappa shape index (κ2) is 3.49. The van der Waals surface area contributed by atoms with Crippen LogP contribution in [-0.2, 0) is 6.54 Å². The second-order valence-corrected chi connectivity index (χ2v) is 2.99. The van der Waals surface area contributed by atoms with Gasteiger partial charge in [-0.1, -0.05) is 0 Å². The van der Waals surface area contributed by atoms with Gasteiger partial charge in [-0.05, 0) is 19.1 Å². The van der Waals surface area contributed by atoms with Crippen molar-refractivity contribution in [2.24, 2.45) is 0 Å². The van der Waals surface area contributed by atoms with E-state index in [2.05, 4.69) is 10.1 Å². The van der Waals surface area contributed by atoms with Crippen molar-refractivity contribution in [1.82, 2.24) is 14.8 Å². The highest BCUT2D eigenvalue weighted by molar-refractivity contribution is 5.56. The number of pyridine rings is 1. The van der Waals surface area contributed by atoms with Crippen LogP contribution in [0.15, 0.2) is 35.4 Å². The molecule has 0 aliphatic rings. The summed E-state index contributed by atoms with van der Waals surface area (Å²) in [6.07, 6.45) is 3.43. The Morgan fingerprint density at radius 2 is 2.43 bits per heavy atom. The Kier molecular flexibility index (Phi) is 2.18. The Bertz CT molecular complexity index is 470. The maximum Gasteiger partial charge on any atom is 0.267 e. The zero-order chi connectivity index (χ0) is 9.97. The Balaban J connectivity index is 2.48. The highest BCUT2D eigenvalue weighted by atomic mass is 16.1. The van der Waals surface area contributed by atoms with Crippen LogP contribution < -0.4 is 5.56 Å². The number of aromatic amines is 1. The summed E-state index contributed by atoms with van der Waals surface area (Å²) in [5.41, 5.74) is 1.73. The molecule has 2 aromatic rings. The summed E-state index contributed by atoms with van der Waals surface area (Å²) in [5.74, 6) is 0. The van der Waals surface area contributed by atoms with Crippen molar-refractivity contribution >= 4 is 0 Å². The van der Waals surface area contributed by atoms with Crippen molar-refractivity contribution in [2.45, 2.75) is 13.5 Å². The van der Waals surface area contributed by atoms with Crippen LogP contribution in [0, 0.1) is 0 Å². The van der Waals surface area contributed by atoms with Gasteiger partial charge in [0, 0.05) is 30.6 Å². The summed E-state index contributed by atoms with van der Waals surface area (Å²) in [7, 11) is 0. The van der Waals surface area contributed by atoms with Crippen molar-refractivity contribution in [1.29, 1.82) is 0 Å². The predicted molar refractivity (Wildman–Crippen MR) is 54.0 cm³/mol. The zero-order valence-electron chi connectivity index (χ0n) is 7.90. The molecule has 4 heteroatoms. The molecule has 72 valence electrons. The molecule has 0 aromatic carbocycles. The average Bonchev–Trinajstić information content (AvgIpc) is 2.61. The fourth-order valence-electron chi connectivity index (χ4n) is 1.34. The third kappa shape index (κ3) is 1.46. The molecule has 0 bridgehead atoms. The molecule has 1 N–H and O–H groups in total. The lowest BCUT2D eigenvalue weighted by Gasteiger charge is -1.96. The molecule has 0 fully saturated rings. The van der Waals surface area contributed by atoms with Gasteiger partial charge in [0.1, 0.15) is 0 Å². The zero-order valence-corrected chi connectivity index (χ0v) is 7.90. The highest BCUT2D eigenvalue weighted by Crippen LogP contribution is 2.12. The van der Waals surface area contributed by atoms with E-state index in [9.17, 15) is 4.79 Å². The molecule has 0 aliphatic heterocycles. The van der Waals surface area contributed by atoms with E-state index >= 15 is 0 Å². The van der Waals surface area contributed by atoms with E-state index in [-0.39, 0.29) is 5.56 Å². The summed E-state index contributed by atoms with van der Waals surface area (Å²) in [5, 5.41) is 3.01. The van der Waals surface area contributed by atoms with Gasteiger partial charge in [0.05, 0.1) is 5.69 Å². The Morgan fingerprint density at radius 1 is 1.57 bits per heavy atom. The maximum atomic E-state index is 11.4. The number of nitrogens with one attached hydrogen (secondary N) is 1. The predicted octanol–water partition coefficient (Wildman–Crippen LogP) is 1.26. The van der Waals surface area contributed by atoms with E-state index < -0.39 is 0 Å². The summed E-state index contributed by atoms with van der Waals surface area (Å²) in [6.45, 7) is 2.57. The molecule has 2 heterocycles. The summed E-state index contributed by atoms with van der Waals surface area (Å²) in [4.78, 5) is 15.4. The van der Waals surface area contributed by atoms with E-state index in [0.717, 1.165) is 11.3 Å². The maximum absolute atomic E-state index is 11.4. The van der Waals surface area contributed by atoms with Crippen LogP contribution in [0.3, 0.4) is 0 Å². The van der Waals surface area contributed by atoms with Gasteiger partial charge in [0.25, 0.3) is 5.56 Å². The van der Waals surface area contributed by atoms with E-state index in [1.807, 2.05) is 19.1 Å². The standard InChI is InChI=1S/C10H11N3O/c1-2-13-10(14)6-9(12-13)8-4-3-5-11-7-8/h3-7,12H,2H2,1H3. The highest BCUT2D eigenvalue weighted by Gasteiger charge is 2.02. The van der Waals surface area contributed by atoms with Crippen LogP contribution in [0.2, 0.25) is 0 Å². The van der Waals surface area contributed by atoms with Crippen LogP contribution in [0.4, 0.5) is 0 Å². The minimum atomic E-state index is -0.00801. The first-order valence-corrected chi connectivity index (χ1v) is 4.51. The number of aromatic nitrogens is 3. The second-order valence-electron chi connectivity index (χ2n) is 2.99. The van der Waals surface area contributed by atoms with Crippen LogP contribution in [-0.4, -0.2) is 14.8 Å². The van der Waals surface area contributed by atoms with E-state index in [1.54, 1.807) is 23.1 Å². The molecule has 0 amide bonds. The summed E-state index contributed by atoms with van der Waals surface area (Å²) >= 11 is 0. The molecule has 0 saturated carbocycles. The number of H-pyrrole nitrogens is 1. The van der Waals surface area contributed by atoms with Gasteiger partial charge in [-0.3, -0.25) is 19.6 Å². The molecule has 0 atom stereocenters. The SMILES string of the molecule is CCn1[nH]c(-c2cccnc2)cc1=O. The van der Waals surface area contributed by atoms with Gasteiger partial charge >= 0.3 is 0 Å². The fraction of sp³-hybridized carbons (Fsp3) is 0.200. The van der Waals surface area contributed by atoms with Crippen LogP contribution in [0.5, 0.6) is 0 Å². The molecule has 14 heavy (non-hydrogen) atoms. The molecule has 0 radical (unpaired) electrons. The first-order chi connectivity index (χ1) is 6.81. The van der Waals surface area contributed by atoms with Gasteiger partial charge in [-0.2, -0.15) is 0 Å². The van der Waals surface area contributed by atoms with Crippen molar-refractivity contribution < 1.29 is 0 Å². The van der Waals surface area contributed by atoms with E-state index in [1.165, 1.54) is 0 Å². The van der Waals surface area contributed by atoms with Crippen LogP contribution in [0.25, 0.3) is 11.3 Å². The van der Waals surface area contributed by atoms with Gasteiger partial charge in [0.2, 0.25) is 0 Å². The molecule has 2 aromatic heterocycles. The minimum Gasteiger partial charge on any atom is -0.295 e. The smallest absolute Gasteiger partial charge is 0.267 e. The number of aryl methyl sites for hydroxylation is 1. The molecule has 0 unspecified atom stereocenters. The first-order valence-electron chi connectivity index (χ1n) is 4.51. The molecule has 0 spiro atoms. The third-order valence-electron chi connectivity index (χ3n) is 2.08. The number of rotatable bonds is 2.